The molecule has 0 aliphatic heterocycles. The van der Waals surface area contributed by atoms with Crippen molar-refractivity contribution in [1.82, 2.24) is 0 Å². The first-order valence-corrected chi connectivity index (χ1v) is 7.34. The molecule has 0 atom stereocenters. The minimum atomic E-state index is 0.0561. The number of hydrogen-bond donors (Lipinski definition) is 1. The molecule has 0 amide bonds. The zero-order valence-corrected chi connectivity index (χ0v) is 12.8. The molecule has 1 heterocycles. The highest BCUT2D eigenvalue weighted by Gasteiger charge is 2.04. The number of hydrogen-bond acceptors (Lipinski definition) is 3. The predicted molar refractivity (Wildman–Crippen MR) is 86.4 cm³/mol. The summed E-state index contributed by atoms with van der Waals surface area (Å²) < 4.78 is 1.13. The molecule has 0 unspecified atom stereocenters. The van der Waals surface area contributed by atoms with Gasteiger partial charge in [-0.2, -0.15) is 0 Å². The molecule has 1 aromatic heterocycles. The lowest BCUT2D eigenvalue weighted by Gasteiger charge is -1.99. The fourth-order valence-corrected chi connectivity index (χ4v) is 3.00. The van der Waals surface area contributed by atoms with Gasteiger partial charge in [0.05, 0.1) is 7.76 Å². The second-order valence-corrected chi connectivity index (χ2v) is 6.65. The van der Waals surface area contributed by atoms with Gasteiger partial charge in [0.15, 0.2) is 5.78 Å². The van der Waals surface area contributed by atoms with Crippen LogP contribution in [0, 0.1) is 2.88 Å². The third-order valence-corrected chi connectivity index (χ3v) is 4.35. The zero-order chi connectivity index (χ0) is 13.0. The molecule has 0 saturated carbocycles. The van der Waals surface area contributed by atoms with Crippen LogP contribution in [0.2, 0.25) is 0 Å². The Morgan fingerprint density at radius 1 is 1.22 bits per heavy atom. The van der Waals surface area contributed by atoms with Crippen molar-refractivity contribution in [2.45, 2.75) is 0 Å². The molecule has 2 nitrogen and oxygen atoms in total. The zero-order valence-electron chi connectivity index (χ0n) is 9.81. The largest absolute Gasteiger partial charge is 0.388 e. The minimum absolute atomic E-state index is 0.0561. The van der Waals surface area contributed by atoms with Gasteiger partial charge >= 0.3 is 0 Å². The van der Waals surface area contributed by atoms with Crippen molar-refractivity contribution < 1.29 is 4.79 Å². The molecule has 0 aliphatic rings. The van der Waals surface area contributed by atoms with Gasteiger partial charge in [-0.15, -0.1) is 11.3 Å². The van der Waals surface area contributed by atoms with E-state index in [2.05, 4.69) is 27.9 Å². The molecule has 2 aromatic rings. The number of nitrogens with one attached hydrogen (secondary N) is 1. The van der Waals surface area contributed by atoms with E-state index in [1.54, 1.807) is 6.08 Å². The Hall–Kier alpha value is -1.14. The summed E-state index contributed by atoms with van der Waals surface area (Å²) in [6, 6.07) is 11.7. The van der Waals surface area contributed by atoms with Gasteiger partial charge in [-0.3, -0.25) is 4.79 Å². The Balaban J connectivity index is 2.08. The van der Waals surface area contributed by atoms with Gasteiger partial charge in [0.1, 0.15) is 0 Å². The number of halogens is 1. The molecule has 1 aromatic carbocycles. The van der Waals surface area contributed by atoms with Gasteiger partial charge in [0.2, 0.25) is 0 Å². The molecular weight excluding hydrogens is 357 g/mol. The number of benzene rings is 1. The second kappa shape index (κ2) is 6.15. The van der Waals surface area contributed by atoms with Crippen molar-refractivity contribution in [2.24, 2.45) is 0 Å². The second-order valence-electron chi connectivity index (χ2n) is 3.67. The quantitative estimate of drug-likeness (QED) is 0.495. The fourth-order valence-electron chi connectivity index (χ4n) is 1.46. The molecule has 0 bridgehead atoms. The van der Waals surface area contributed by atoms with Crippen molar-refractivity contribution in [1.29, 1.82) is 0 Å². The highest BCUT2D eigenvalue weighted by Crippen LogP contribution is 2.19. The Kier molecular flexibility index (Phi) is 4.54. The van der Waals surface area contributed by atoms with Crippen LogP contribution >= 0.6 is 33.9 Å². The van der Waals surface area contributed by atoms with Crippen LogP contribution in [0.1, 0.15) is 15.2 Å². The molecule has 18 heavy (non-hydrogen) atoms. The maximum atomic E-state index is 11.9. The van der Waals surface area contributed by atoms with E-state index >= 15 is 0 Å². The number of ketones is 1. The Morgan fingerprint density at radius 2 is 1.94 bits per heavy atom. The molecule has 0 spiro atoms. The normalized spacial score (nSPS) is 10.8. The van der Waals surface area contributed by atoms with Gasteiger partial charge in [-0.1, -0.05) is 18.2 Å². The lowest BCUT2D eigenvalue weighted by atomic mass is 10.1. The van der Waals surface area contributed by atoms with Crippen molar-refractivity contribution >= 4 is 51.5 Å². The van der Waals surface area contributed by atoms with Crippen molar-refractivity contribution in [2.75, 3.05) is 12.4 Å². The van der Waals surface area contributed by atoms with Crippen molar-refractivity contribution in [3.05, 3.63) is 55.8 Å². The molecule has 1 N–H and O–H groups in total. The van der Waals surface area contributed by atoms with E-state index in [4.69, 9.17) is 0 Å². The van der Waals surface area contributed by atoms with Gasteiger partial charge in [-0.25, -0.2) is 0 Å². The molecule has 0 radical (unpaired) electrons. The summed E-state index contributed by atoms with van der Waals surface area (Å²) in [5.41, 5.74) is 2.08. The van der Waals surface area contributed by atoms with Crippen molar-refractivity contribution in [3.8, 4) is 0 Å². The smallest absolute Gasteiger partial charge is 0.195 e. The van der Waals surface area contributed by atoms with Crippen LogP contribution in [0.3, 0.4) is 0 Å². The predicted octanol–water partition coefficient (Wildman–Crippen LogP) is 4.29. The molecule has 0 saturated heterocycles. The molecular formula is C14H12INOS. The number of carbonyl (C=O) groups excluding carboxylic acids is 1. The Morgan fingerprint density at radius 3 is 2.50 bits per heavy atom. The average molecular weight is 369 g/mol. The molecule has 2 rings (SSSR count). The summed E-state index contributed by atoms with van der Waals surface area (Å²) >= 11 is 3.73. The van der Waals surface area contributed by atoms with Gasteiger partial charge < -0.3 is 5.32 Å². The standard InChI is InChI=1S/C14H12INOS/c1-16-11-5-2-10(3-6-11)4-7-12(17)13-8-9-14(15)18-13/h2-9,16H,1H3/b7-4+. The number of allylic oxidation sites excluding steroid dienone is 1. The summed E-state index contributed by atoms with van der Waals surface area (Å²) in [5.74, 6) is 0.0561. The van der Waals surface area contributed by atoms with Crippen LogP contribution in [0.4, 0.5) is 5.69 Å². The average Bonchev–Trinajstić information content (AvgIpc) is 2.83. The molecule has 0 fully saturated rings. The first-order valence-electron chi connectivity index (χ1n) is 5.44. The number of thiophene rings is 1. The fraction of sp³-hybridized carbons (Fsp3) is 0.0714. The van der Waals surface area contributed by atoms with E-state index in [0.717, 1.165) is 19.0 Å². The van der Waals surface area contributed by atoms with Crippen LogP contribution in [-0.4, -0.2) is 12.8 Å². The maximum absolute atomic E-state index is 11.9. The van der Waals surface area contributed by atoms with Crippen LogP contribution in [-0.2, 0) is 0 Å². The topological polar surface area (TPSA) is 29.1 Å². The number of rotatable bonds is 4. The summed E-state index contributed by atoms with van der Waals surface area (Å²) in [5, 5.41) is 3.06. The van der Waals surface area contributed by atoms with E-state index in [9.17, 15) is 4.79 Å². The Bertz CT molecular complexity index is 572. The van der Waals surface area contributed by atoms with Gasteiger partial charge in [0, 0.05) is 12.7 Å². The SMILES string of the molecule is CNc1ccc(/C=C/C(=O)c2ccc(I)s2)cc1. The molecule has 0 aliphatic carbocycles. The van der Waals surface area contributed by atoms with E-state index in [0.29, 0.717) is 0 Å². The lowest BCUT2D eigenvalue weighted by Crippen LogP contribution is -1.89. The summed E-state index contributed by atoms with van der Waals surface area (Å²) in [6.45, 7) is 0. The monoisotopic (exact) mass is 369 g/mol. The number of anilines is 1. The van der Waals surface area contributed by atoms with Crippen LogP contribution < -0.4 is 5.32 Å². The van der Waals surface area contributed by atoms with E-state index < -0.39 is 0 Å². The van der Waals surface area contributed by atoms with E-state index in [-0.39, 0.29) is 5.78 Å². The minimum Gasteiger partial charge on any atom is -0.388 e. The summed E-state index contributed by atoms with van der Waals surface area (Å²) in [6.07, 6.45) is 3.46. The number of carbonyl (C=O) groups is 1. The van der Waals surface area contributed by atoms with E-state index in [1.165, 1.54) is 11.3 Å². The van der Waals surface area contributed by atoms with Crippen LogP contribution in [0.5, 0.6) is 0 Å². The highest BCUT2D eigenvalue weighted by molar-refractivity contribution is 14.1. The molecule has 4 heteroatoms. The van der Waals surface area contributed by atoms with Gasteiger partial charge in [-0.05, 0) is 58.5 Å². The van der Waals surface area contributed by atoms with E-state index in [1.807, 2.05) is 49.5 Å². The molecule has 92 valence electrons. The first kappa shape index (κ1) is 13.3. The third-order valence-electron chi connectivity index (χ3n) is 2.44. The van der Waals surface area contributed by atoms with Crippen LogP contribution in [0.25, 0.3) is 6.08 Å². The van der Waals surface area contributed by atoms with Crippen molar-refractivity contribution in [3.63, 3.8) is 0 Å². The Labute approximate surface area is 124 Å². The summed E-state index contributed by atoms with van der Waals surface area (Å²) in [7, 11) is 1.88. The maximum Gasteiger partial charge on any atom is 0.195 e. The van der Waals surface area contributed by atoms with Gasteiger partial charge in [0.25, 0.3) is 0 Å². The first-order chi connectivity index (χ1) is 8.69. The lowest BCUT2D eigenvalue weighted by molar-refractivity contribution is 0.105. The van der Waals surface area contributed by atoms with Crippen LogP contribution in [0.15, 0.2) is 42.5 Å². The third kappa shape index (κ3) is 3.43. The summed E-state index contributed by atoms with van der Waals surface area (Å²) in [4.78, 5) is 12.6. The highest BCUT2D eigenvalue weighted by atomic mass is 127.